The molecule has 1 N–H and O–H groups in total. The van der Waals surface area contributed by atoms with Gasteiger partial charge in [-0.15, -0.1) is 0 Å². The third-order valence-electron chi connectivity index (χ3n) is 4.07. The SMILES string of the molecule is Cc1nc(NCc2ccco2)cc(-c2cncc(-c3ccc(F)cc3)c2)n1. The van der Waals surface area contributed by atoms with Crippen molar-refractivity contribution < 1.29 is 8.81 Å². The molecule has 0 aliphatic heterocycles. The Hall–Kier alpha value is -3.54. The molecule has 4 aromatic rings. The largest absolute Gasteiger partial charge is 0.467 e. The monoisotopic (exact) mass is 360 g/mol. The molecule has 6 heteroatoms. The maximum absolute atomic E-state index is 13.2. The van der Waals surface area contributed by atoms with Crippen LogP contribution in [0.15, 0.2) is 71.6 Å². The second-order valence-corrected chi connectivity index (χ2v) is 6.09. The number of anilines is 1. The third-order valence-corrected chi connectivity index (χ3v) is 4.07. The standard InChI is InChI=1S/C21H17FN4O/c1-14-25-20(10-21(26-14)24-13-19-3-2-8-27-19)17-9-16(11-23-12-17)15-4-6-18(22)7-5-15/h2-12H,13H2,1H3,(H,24,25,26). The Kier molecular flexibility index (Phi) is 4.61. The summed E-state index contributed by atoms with van der Waals surface area (Å²) in [7, 11) is 0. The van der Waals surface area contributed by atoms with Gasteiger partial charge in [0.1, 0.15) is 23.2 Å². The molecular formula is C21H17FN4O. The van der Waals surface area contributed by atoms with Gasteiger partial charge >= 0.3 is 0 Å². The molecule has 3 aromatic heterocycles. The molecule has 4 rings (SSSR count). The number of rotatable bonds is 5. The van der Waals surface area contributed by atoms with Crippen LogP contribution in [0.1, 0.15) is 11.6 Å². The molecule has 0 atom stereocenters. The number of benzene rings is 1. The van der Waals surface area contributed by atoms with Gasteiger partial charge in [0.15, 0.2) is 0 Å². The first kappa shape index (κ1) is 16.9. The molecule has 0 radical (unpaired) electrons. The quantitative estimate of drug-likeness (QED) is 0.551. The zero-order valence-electron chi connectivity index (χ0n) is 14.7. The molecule has 0 spiro atoms. The topological polar surface area (TPSA) is 63.8 Å². The number of furan rings is 1. The van der Waals surface area contributed by atoms with Gasteiger partial charge in [0, 0.05) is 29.6 Å². The van der Waals surface area contributed by atoms with Crippen LogP contribution in [0.25, 0.3) is 22.4 Å². The fourth-order valence-corrected chi connectivity index (χ4v) is 2.78. The van der Waals surface area contributed by atoms with Crippen LogP contribution in [0, 0.1) is 12.7 Å². The van der Waals surface area contributed by atoms with Gasteiger partial charge in [0.2, 0.25) is 0 Å². The number of aromatic nitrogens is 3. The molecule has 0 unspecified atom stereocenters. The van der Waals surface area contributed by atoms with E-state index in [0.717, 1.165) is 28.1 Å². The van der Waals surface area contributed by atoms with E-state index in [1.807, 2.05) is 31.2 Å². The summed E-state index contributed by atoms with van der Waals surface area (Å²) >= 11 is 0. The van der Waals surface area contributed by atoms with Crippen molar-refractivity contribution in [1.82, 2.24) is 15.0 Å². The summed E-state index contributed by atoms with van der Waals surface area (Å²) in [5.74, 6) is 1.93. The molecule has 134 valence electrons. The average Bonchev–Trinajstić information content (AvgIpc) is 3.20. The van der Waals surface area contributed by atoms with Gasteiger partial charge in [-0.05, 0) is 42.8 Å². The summed E-state index contributed by atoms with van der Waals surface area (Å²) in [6.45, 7) is 2.38. The first-order valence-electron chi connectivity index (χ1n) is 8.51. The van der Waals surface area contributed by atoms with E-state index in [-0.39, 0.29) is 5.82 Å². The first-order valence-corrected chi connectivity index (χ1v) is 8.51. The van der Waals surface area contributed by atoms with Crippen LogP contribution in [-0.4, -0.2) is 15.0 Å². The lowest BCUT2D eigenvalue weighted by Crippen LogP contribution is -2.03. The van der Waals surface area contributed by atoms with Gasteiger partial charge in [0.25, 0.3) is 0 Å². The second-order valence-electron chi connectivity index (χ2n) is 6.09. The number of aryl methyl sites for hydroxylation is 1. The Bertz CT molecular complexity index is 1050. The van der Waals surface area contributed by atoms with Gasteiger partial charge < -0.3 is 9.73 Å². The molecule has 0 aliphatic carbocycles. The smallest absolute Gasteiger partial charge is 0.130 e. The Morgan fingerprint density at radius 2 is 1.78 bits per heavy atom. The molecule has 0 fully saturated rings. The minimum absolute atomic E-state index is 0.262. The summed E-state index contributed by atoms with van der Waals surface area (Å²) in [4.78, 5) is 13.3. The van der Waals surface area contributed by atoms with E-state index in [4.69, 9.17) is 4.42 Å². The molecule has 0 saturated heterocycles. The number of nitrogens with one attached hydrogen (secondary N) is 1. The van der Waals surface area contributed by atoms with Crippen molar-refractivity contribution in [2.45, 2.75) is 13.5 Å². The van der Waals surface area contributed by atoms with Crippen molar-refractivity contribution in [2.75, 3.05) is 5.32 Å². The number of hydrogen-bond acceptors (Lipinski definition) is 5. The van der Waals surface area contributed by atoms with Gasteiger partial charge in [-0.25, -0.2) is 14.4 Å². The predicted octanol–water partition coefficient (Wildman–Crippen LogP) is 4.86. The highest BCUT2D eigenvalue weighted by atomic mass is 19.1. The van der Waals surface area contributed by atoms with E-state index >= 15 is 0 Å². The summed E-state index contributed by atoms with van der Waals surface area (Å²) in [5, 5.41) is 3.24. The fraction of sp³-hybridized carbons (Fsp3) is 0.0952. The maximum Gasteiger partial charge on any atom is 0.130 e. The molecule has 27 heavy (non-hydrogen) atoms. The first-order chi connectivity index (χ1) is 13.2. The van der Waals surface area contributed by atoms with E-state index in [2.05, 4.69) is 20.3 Å². The highest BCUT2D eigenvalue weighted by Gasteiger charge is 2.08. The molecule has 0 bridgehead atoms. The van der Waals surface area contributed by atoms with Crippen LogP contribution in [0.5, 0.6) is 0 Å². The van der Waals surface area contributed by atoms with E-state index in [9.17, 15) is 4.39 Å². The Morgan fingerprint density at radius 3 is 2.56 bits per heavy atom. The minimum Gasteiger partial charge on any atom is -0.467 e. The molecular weight excluding hydrogens is 343 g/mol. The minimum atomic E-state index is -0.262. The van der Waals surface area contributed by atoms with Crippen LogP contribution >= 0.6 is 0 Å². The molecule has 0 aliphatic rings. The van der Waals surface area contributed by atoms with Crippen molar-refractivity contribution in [2.24, 2.45) is 0 Å². The van der Waals surface area contributed by atoms with E-state index < -0.39 is 0 Å². The lowest BCUT2D eigenvalue weighted by atomic mass is 10.0. The molecule has 5 nitrogen and oxygen atoms in total. The highest BCUT2D eigenvalue weighted by molar-refractivity contribution is 5.71. The predicted molar refractivity (Wildman–Crippen MR) is 101 cm³/mol. The summed E-state index contributed by atoms with van der Waals surface area (Å²) in [6.07, 6.45) is 5.15. The van der Waals surface area contributed by atoms with Gasteiger partial charge in [0.05, 0.1) is 18.5 Å². The van der Waals surface area contributed by atoms with Crippen LogP contribution in [-0.2, 0) is 6.54 Å². The van der Waals surface area contributed by atoms with Crippen LogP contribution < -0.4 is 5.32 Å². The van der Waals surface area contributed by atoms with Crippen LogP contribution in [0.2, 0.25) is 0 Å². The molecule has 1 aromatic carbocycles. The van der Waals surface area contributed by atoms with Crippen molar-refractivity contribution in [3.8, 4) is 22.4 Å². The van der Waals surface area contributed by atoms with Crippen molar-refractivity contribution in [3.63, 3.8) is 0 Å². The Morgan fingerprint density at radius 1 is 0.963 bits per heavy atom. The second kappa shape index (κ2) is 7.37. The Labute approximate surface area is 156 Å². The van der Waals surface area contributed by atoms with Gasteiger partial charge in [-0.1, -0.05) is 12.1 Å². The van der Waals surface area contributed by atoms with E-state index in [1.165, 1.54) is 12.1 Å². The number of pyridine rings is 1. The lowest BCUT2D eigenvalue weighted by molar-refractivity contribution is 0.518. The van der Waals surface area contributed by atoms with Crippen molar-refractivity contribution in [3.05, 3.63) is 84.6 Å². The summed E-state index contributed by atoms with van der Waals surface area (Å²) in [5.41, 5.74) is 3.42. The zero-order valence-corrected chi connectivity index (χ0v) is 14.7. The van der Waals surface area contributed by atoms with Gasteiger partial charge in [-0.2, -0.15) is 0 Å². The van der Waals surface area contributed by atoms with Crippen LogP contribution in [0.3, 0.4) is 0 Å². The van der Waals surface area contributed by atoms with Gasteiger partial charge in [-0.3, -0.25) is 4.98 Å². The van der Waals surface area contributed by atoms with E-state index in [0.29, 0.717) is 18.2 Å². The average molecular weight is 360 g/mol. The van der Waals surface area contributed by atoms with Crippen molar-refractivity contribution in [1.29, 1.82) is 0 Å². The number of halogens is 1. The lowest BCUT2D eigenvalue weighted by Gasteiger charge is -2.09. The summed E-state index contributed by atoms with van der Waals surface area (Å²) in [6, 6.07) is 14.0. The molecule has 3 heterocycles. The maximum atomic E-state index is 13.2. The normalized spacial score (nSPS) is 10.7. The van der Waals surface area contributed by atoms with Crippen molar-refractivity contribution >= 4 is 5.82 Å². The number of hydrogen-bond donors (Lipinski definition) is 1. The fourth-order valence-electron chi connectivity index (χ4n) is 2.78. The Balaban J connectivity index is 1.62. The van der Waals surface area contributed by atoms with Crippen LogP contribution in [0.4, 0.5) is 10.2 Å². The van der Waals surface area contributed by atoms with E-state index in [1.54, 1.807) is 30.8 Å². The number of nitrogens with zero attached hydrogens (tertiary/aromatic N) is 3. The molecule has 0 saturated carbocycles. The molecule has 0 amide bonds. The third kappa shape index (κ3) is 4.00. The highest BCUT2D eigenvalue weighted by Crippen LogP contribution is 2.25. The summed E-state index contributed by atoms with van der Waals surface area (Å²) < 4.78 is 18.5. The zero-order chi connectivity index (χ0) is 18.6.